The number of allylic oxidation sites excluding steroid dienone is 4. The number of nitrogens with one attached hydrogen (secondary N) is 1. The van der Waals surface area contributed by atoms with Gasteiger partial charge < -0.3 is 5.32 Å². The van der Waals surface area contributed by atoms with Crippen molar-refractivity contribution in [3.05, 3.63) is 84.5 Å². The van der Waals surface area contributed by atoms with Crippen LogP contribution in [0.4, 0.5) is 10.3 Å². The van der Waals surface area contributed by atoms with E-state index < -0.39 is 0 Å². The van der Waals surface area contributed by atoms with Crippen molar-refractivity contribution in [3.63, 3.8) is 0 Å². The zero-order valence-corrected chi connectivity index (χ0v) is 19.8. The number of rotatable bonds is 5. The van der Waals surface area contributed by atoms with Gasteiger partial charge in [0.05, 0.1) is 22.5 Å². The topological polar surface area (TPSA) is 55.1 Å². The zero-order valence-electron chi connectivity index (χ0n) is 19.8. The molecule has 176 valence electrons. The molecule has 1 saturated carbocycles. The second kappa shape index (κ2) is 9.10. The third kappa shape index (κ3) is 4.25. The fraction of sp³-hybridized carbons (Fsp3) is 0.276. The minimum absolute atomic E-state index is 0.267. The van der Waals surface area contributed by atoms with E-state index in [1.807, 2.05) is 10.6 Å². The lowest BCUT2D eigenvalue weighted by molar-refractivity contribution is 0.628. The van der Waals surface area contributed by atoms with Crippen LogP contribution in [0.5, 0.6) is 0 Å². The van der Waals surface area contributed by atoms with Crippen LogP contribution < -0.4 is 5.32 Å². The van der Waals surface area contributed by atoms with Gasteiger partial charge in [0, 0.05) is 17.8 Å². The average Bonchev–Trinajstić information content (AvgIpc) is 3.53. The van der Waals surface area contributed by atoms with Gasteiger partial charge in [-0.25, -0.2) is 18.9 Å². The van der Waals surface area contributed by atoms with E-state index in [2.05, 4.69) is 53.7 Å². The molecule has 0 saturated heterocycles. The van der Waals surface area contributed by atoms with Crippen LogP contribution in [0.15, 0.2) is 73.0 Å². The third-order valence-electron chi connectivity index (χ3n) is 6.98. The highest BCUT2D eigenvalue weighted by Gasteiger charge is 2.22. The summed E-state index contributed by atoms with van der Waals surface area (Å²) in [7, 11) is 0. The monoisotopic (exact) mass is 465 g/mol. The largest absolute Gasteiger partial charge is 0.351 e. The first-order valence-electron chi connectivity index (χ1n) is 12.4. The maximum atomic E-state index is 13.7. The summed E-state index contributed by atoms with van der Waals surface area (Å²) in [6, 6.07) is 15.1. The molecule has 3 aromatic heterocycles. The molecule has 6 rings (SSSR count). The van der Waals surface area contributed by atoms with Crippen LogP contribution in [0.3, 0.4) is 0 Å². The summed E-state index contributed by atoms with van der Waals surface area (Å²) in [5.74, 6) is 0.908. The van der Waals surface area contributed by atoms with Crippen molar-refractivity contribution in [2.75, 3.05) is 5.32 Å². The van der Waals surface area contributed by atoms with Gasteiger partial charge in [0.2, 0.25) is 5.95 Å². The van der Waals surface area contributed by atoms with Gasteiger partial charge in [-0.1, -0.05) is 44.1 Å². The number of aromatic nitrogens is 4. The van der Waals surface area contributed by atoms with Crippen LogP contribution in [-0.2, 0) is 0 Å². The second-order valence-electron chi connectivity index (χ2n) is 9.56. The molecule has 4 aromatic rings. The van der Waals surface area contributed by atoms with E-state index in [0.717, 1.165) is 58.6 Å². The molecule has 0 amide bonds. The molecule has 0 spiro atoms. The van der Waals surface area contributed by atoms with Crippen LogP contribution in [-0.4, -0.2) is 25.6 Å². The van der Waals surface area contributed by atoms with E-state index in [9.17, 15) is 4.39 Å². The van der Waals surface area contributed by atoms with E-state index >= 15 is 0 Å². The van der Waals surface area contributed by atoms with E-state index in [1.54, 1.807) is 18.3 Å². The fourth-order valence-electron chi connectivity index (χ4n) is 5.09. The predicted octanol–water partition coefficient (Wildman–Crippen LogP) is 6.93. The molecule has 0 radical (unpaired) electrons. The molecular weight excluding hydrogens is 437 g/mol. The summed E-state index contributed by atoms with van der Waals surface area (Å²) in [6.45, 7) is 2.22. The van der Waals surface area contributed by atoms with Gasteiger partial charge in [-0.05, 0) is 73.2 Å². The molecule has 1 unspecified atom stereocenters. The van der Waals surface area contributed by atoms with Gasteiger partial charge in [0.1, 0.15) is 11.5 Å². The van der Waals surface area contributed by atoms with Crippen LogP contribution in [0.1, 0.15) is 44.7 Å². The number of hydrogen-bond donors (Lipinski definition) is 1. The predicted molar refractivity (Wildman–Crippen MR) is 138 cm³/mol. The number of anilines is 1. The van der Waals surface area contributed by atoms with E-state index in [0.29, 0.717) is 17.9 Å². The van der Waals surface area contributed by atoms with E-state index in [4.69, 9.17) is 10.1 Å². The standard InChI is InChI=1S/C29H28FN5/c1-19-9-11-20(12-10-19)25-7-4-8-26-27(28(34-35(25)26)21-13-15-22(30)16-14-21)24-17-18-31-29(33-24)32-23-5-2-3-6-23/h4,7-9,11-19,23H,2-3,5-6,10H2,1H3,(H,31,32,33). The molecule has 0 aliphatic heterocycles. The Morgan fingerprint density at radius 2 is 1.86 bits per heavy atom. The molecule has 0 bridgehead atoms. The van der Waals surface area contributed by atoms with E-state index in [-0.39, 0.29) is 5.82 Å². The Morgan fingerprint density at radius 1 is 1.03 bits per heavy atom. The molecule has 1 N–H and O–H groups in total. The minimum Gasteiger partial charge on any atom is -0.351 e. The normalized spacial score (nSPS) is 18.2. The quantitative estimate of drug-likeness (QED) is 0.347. The first-order valence-corrected chi connectivity index (χ1v) is 12.4. The van der Waals surface area contributed by atoms with Gasteiger partial charge >= 0.3 is 0 Å². The molecule has 1 fully saturated rings. The summed E-state index contributed by atoms with van der Waals surface area (Å²) in [6.07, 6.45) is 14.3. The molecule has 5 nitrogen and oxygen atoms in total. The molecule has 35 heavy (non-hydrogen) atoms. The molecular formula is C29H28FN5. The Morgan fingerprint density at radius 3 is 2.63 bits per heavy atom. The first-order chi connectivity index (χ1) is 17.2. The number of halogens is 1. The summed E-state index contributed by atoms with van der Waals surface area (Å²) < 4.78 is 15.7. The van der Waals surface area contributed by atoms with E-state index in [1.165, 1.54) is 25.0 Å². The first kappa shape index (κ1) is 21.7. The van der Waals surface area contributed by atoms with Crippen molar-refractivity contribution in [1.29, 1.82) is 0 Å². The molecule has 1 atom stereocenters. The lowest BCUT2D eigenvalue weighted by atomic mass is 9.96. The summed E-state index contributed by atoms with van der Waals surface area (Å²) >= 11 is 0. The van der Waals surface area contributed by atoms with Crippen LogP contribution in [0.2, 0.25) is 0 Å². The highest BCUT2D eigenvalue weighted by atomic mass is 19.1. The third-order valence-corrected chi connectivity index (χ3v) is 6.98. The number of benzene rings is 1. The Kier molecular flexibility index (Phi) is 5.64. The van der Waals surface area contributed by atoms with Crippen molar-refractivity contribution in [3.8, 4) is 22.5 Å². The van der Waals surface area contributed by atoms with Crippen molar-refractivity contribution in [2.24, 2.45) is 5.92 Å². The number of fused-ring (bicyclic) bond motifs is 1. The average molecular weight is 466 g/mol. The van der Waals surface area contributed by atoms with Crippen LogP contribution >= 0.6 is 0 Å². The maximum Gasteiger partial charge on any atom is 0.223 e. The SMILES string of the molecule is CC1C=CC(c2cccc3c(-c4ccnc(NC5CCCC5)n4)c(-c4ccc(F)cc4)nn23)=CC1. The maximum absolute atomic E-state index is 13.7. The second-order valence-corrected chi connectivity index (χ2v) is 9.56. The highest BCUT2D eigenvalue weighted by molar-refractivity contribution is 5.92. The Bertz CT molecular complexity index is 1430. The van der Waals surface area contributed by atoms with Gasteiger partial charge in [-0.3, -0.25) is 0 Å². The van der Waals surface area contributed by atoms with Crippen molar-refractivity contribution in [1.82, 2.24) is 19.6 Å². The molecule has 2 aliphatic rings. The minimum atomic E-state index is -0.267. The molecule has 6 heteroatoms. The Hall–Kier alpha value is -3.80. The molecule has 3 heterocycles. The fourth-order valence-corrected chi connectivity index (χ4v) is 5.09. The molecule has 2 aliphatic carbocycles. The lowest BCUT2D eigenvalue weighted by Crippen LogP contribution is -2.16. The molecule has 1 aromatic carbocycles. The highest BCUT2D eigenvalue weighted by Crippen LogP contribution is 2.36. The van der Waals surface area contributed by atoms with Crippen molar-refractivity contribution < 1.29 is 4.39 Å². The summed E-state index contributed by atoms with van der Waals surface area (Å²) in [4.78, 5) is 9.39. The van der Waals surface area contributed by atoms with Crippen molar-refractivity contribution in [2.45, 2.75) is 45.1 Å². The van der Waals surface area contributed by atoms with Gasteiger partial charge in [-0.2, -0.15) is 5.10 Å². The summed E-state index contributed by atoms with van der Waals surface area (Å²) in [5, 5.41) is 8.56. The Labute approximate surface area is 204 Å². The smallest absolute Gasteiger partial charge is 0.223 e. The van der Waals surface area contributed by atoms with Gasteiger partial charge in [-0.15, -0.1) is 0 Å². The van der Waals surface area contributed by atoms with Crippen molar-refractivity contribution >= 4 is 17.0 Å². The number of pyridine rings is 1. The summed E-state index contributed by atoms with van der Waals surface area (Å²) in [5.41, 5.74) is 6.48. The lowest BCUT2D eigenvalue weighted by Gasteiger charge is -2.13. The number of nitrogens with zero attached hydrogens (tertiary/aromatic N) is 4. The Balaban J connectivity index is 1.52. The van der Waals surface area contributed by atoms with Crippen LogP contribution in [0, 0.1) is 11.7 Å². The zero-order chi connectivity index (χ0) is 23.8. The van der Waals surface area contributed by atoms with Gasteiger partial charge in [0.15, 0.2) is 0 Å². The van der Waals surface area contributed by atoms with Crippen LogP contribution in [0.25, 0.3) is 33.6 Å². The number of hydrogen-bond acceptors (Lipinski definition) is 4. The van der Waals surface area contributed by atoms with Gasteiger partial charge in [0.25, 0.3) is 0 Å².